The molecule has 4 nitrogen and oxygen atoms in total. The van der Waals surface area contributed by atoms with Gasteiger partial charge in [-0.2, -0.15) is 0 Å². The minimum Gasteiger partial charge on any atom is -0.339 e. The number of nitrogens with zero attached hydrogens (tertiary/aromatic N) is 2. The quantitative estimate of drug-likeness (QED) is 0.750. The lowest BCUT2D eigenvalue weighted by Crippen LogP contribution is -2.54. The minimum absolute atomic E-state index is 0.0856. The van der Waals surface area contributed by atoms with Gasteiger partial charge in [0.25, 0.3) is 0 Å². The maximum absolute atomic E-state index is 12.3. The number of hydrogen-bond donors (Lipinski definition) is 1. The number of carbonyl (C=O) groups is 1. The van der Waals surface area contributed by atoms with Crippen molar-refractivity contribution in [1.29, 1.82) is 0 Å². The normalized spacial score (nSPS) is 35.2. The maximum Gasteiger partial charge on any atom is 0.240 e. The van der Waals surface area contributed by atoms with Crippen LogP contribution in [0.15, 0.2) is 0 Å². The summed E-state index contributed by atoms with van der Waals surface area (Å²) in [7, 11) is 0. The molecule has 0 aromatic heterocycles. The highest BCUT2D eigenvalue weighted by Crippen LogP contribution is 2.27. The molecule has 3 aliphatic rings. The first-order chi connectivity index (χ1) is 8.25. The van der Waals surface area contributed by atoms with E-state index < -0.39 is 0 Å². The molecule has 17 heavy (non-hydrogen) atoms. The van der Waals surface area contributed by atoms with E-state index in [0.29, 0.717) is 11.8 Å². The standard InChI is InChI=1S/C13H23N3O/c1-10-4-5-14-12(10)13(17)16-8-6-15(7-9-16)11-2-3-11/h10-12,14H,2-9H2,1H3. The third kappa shape index (κ3) is 2.33. The first-order valence-corrected chi connectivity index (χ1v) is 7.02. The topological polar surface area (TPSA) is 35.6 Å². The number of piperazine rings is 1. The molecular formula is C13H23N3O. The van der Waals surface area contributed by atoms with Gasteiger partial charge in [0.05, 0.1) is 6.04 Å². The minimum atomic E-state index is 0.0856. The lowest BCUT2D eigenvalue weighted by Gasteiger charge is -2.36. The first kappa shape index (κ1) is 11.5. The molecule has 1 amide bonds. The second-order valence-corrected chi connectivity index (χ2v) is 5.79. The van der Waals surface area contributed by atoms with Crippen LogP contribution in [0, 0.1) is 5.92 Å². The summed E-state index contributed by atoms with van der Waals surface area (Å²) in [5.74, 6) is 0.842. The molecule has 1 N–H and O–H groups in total. The second-order valence-electron chi connectivity index (χ2n) is 5.79. The summed E-state index contributed by atoms with van der Waals surface area (Å²) < 4.78 is 0. The van der Waals surface area contributed by atoms with E-state index in [0.717, 1.165) is 45.2 Å². The Balaban J connectivity index is 1.53. The molecule has 4 heteroatoms. The molecule has 2 atom stereocenters. The molecular weight excluding hydrogens is 214 g/mol. The molecule has 0 aromatic carbocycles. The van der Waals surface area contributed by atoms with Crippen LogP contribution in [0.2, 0.25) is 0 Å². The molecule has 0 radical (unpaired) electrons. The summed E-state index contributed by atoms with van der Waals surface area (Å²) >= 11 is 0. The smallest absolute Gasteiger partial charge is 0.240 e. The maximum atomic E-state index is 12.3. The van der Waals surface area contributed by atoms with Gasteiger partial charge in [0.2, 0.25) is 5.91 Å². The highest BCUT2D eigenvalue weighted by atomic mass is 16.2. The van der Waals surface area contributed by atoms with Crippen molar-refractivity contribution < 1.29 is 4.79 Å². The van der Waals surface area contributed by atoms with E-state index in [9.17, 15) is 4.79 Å². The molecule has 1 aliphatic carbocycles. The zero-order chi connectivity index (χ0) is 11.8. The second kappa shape index (κ2) is 4.58. The molecule has 0 aromatic rings. The Morgan fingerprint density at radius 3 is 2.35 bits per heavy atom. The average Bonchev–Trinajstić information content (AvgIpc) is 3.12. The predicted octanol–water partition coefficient (Wildman–Crippen LogP) is 0.291. The Morgan fingerprint density at radius 1 is 1.12 bits per heavy atom. The van der Waals surface area contributed by atoms with Gasteiger partial charge >= 0.3 is 0 Å². The monoisotopic (exact) mass is 237 g/mol. The number of hydrogen-bond acceptors (Lipinski definition) is 3. The van der Waals surface area contributed by atoms with E-state index >= 15 is 0 Å². The summed E-state index contributed by atoms with van der Waals surface area (Å²) in [5.41, 5.74) is 0. The van der Waals surface area contributed by atoms with Gasteiger partial charge in [-0.15, -0.1) is 0 Å². The Morgan fingerprint density at radius 2 is 1.82 bits per heavy atom. The van der Waals surface area contributed by atoms with Gasteiger partial charge in [-0.05, 0) is 31.7 Å². The third-order valence-electron chi connectivity index (χ3n) is 4.49. The summed E-state index contributed by atoms with van der Waals surface area (Å²) in [6.07, 6.45) is 3.88. The van der Waals surface area contributed by atoms with Crippen LogP contribution >= 0.6 is 0 Å². The van der Waals surface area contributed by atoms with E-state index in [1.54, 1.807) is 0 Å². The number of carbonyl (C=O) groups excluding carboxylic acids is 1. The van der Waals surface area contributed by atoms with Crippen molar-refractivity contribution in [3.63, 3.8) is 0 Å². The summed E-state index contributed by atoms with van der Waals surface area (Å²) in [5, 5.41) is 3.34. The van der Waals surface area contributed by atoms with Gasteiger partial charge in [0.1, 0.15) is 0 Å². The molecule has 2 aliphatic heterocycles. The van der Waals surface area contributed by atoms with Crippen LogP contribution in [0.5, 0.6) is 0 Å². The van der Waals surface area contributed by atoms with Crippen LogP contribution in [0.3, 0.4) is 0 Å². The number of nitrogens with one attached hydrogen (secondary N) is 1. The number of rotatable bonds is 2. The highest BCUT2D eigenvalue weighted by Gasteiger charge is 2.36. The van der Waals surface area contributed by atoms with E-state index in [1.807, 2.05) is 0 Å². The van der Waals surface area contributed by atoms with E-state index in [-0.39, 0.29) is 6.04 Å². The van der Waals surface area contributed by atoms with Crippen molar-refractivity contribution in [1.82, 2.24) is 15.1 Å². The third-order valence-corrected chi connectivity index (χ3v) is 4.49. The van der Waals surface area contributed by atoms with Crippen LogP contribution in [-0.2, 0) is 4.79 Å². The SMILES string of the molecule is CC1CCNC1C(=O)N1CCN(C2CC2)CC1. The van der Waals surface area contributed by atoms with Gasteiger partial charge in [0.15, 0.2) is 0 Å². The number of amides is 1. The van der Waals surface area contributed by atoms with Gasteiger partial charge < -0.3 is 10.2 Å². The van der Waals surface area contributed by atoms with Crippen molar-refractivity contribution in [3.8, 4) is 0 Å². The van der Waals surface area contributed by atoms with Crippen molar-refractivity contribution in [3.05, 3.63) is 0 Å². The molecule has 1 saturated carbocycles. The van der Waals surface area contributed by atoms with Crippen LogP contribution in [-0.4, -0.2) is 60.5 Å². The fourth-order valence-corrected chi connectivity index (χ4v) is 3.11. The summed E-state index contributed by atoms with van der Waals surface area (Å²) in [6.45, 7) is 7.21. The molecule has 2 saturated heterocycles. The fourth-order valence-electron chi connectivity index (χ4n) is 3.11. The van der Waals surface area contributed by atoms with Crippen molar-refractivity contribution >= 4 is 5.91 Å². The van der Waals surface area contributed by atoms with Gasteiger partial charge in [-0.3, -0.25) is 9.69 Å². The Hall–Kier alpha value is -0.610. The van der Waals surface area contributed by atoms with Crippen LogP contribution < -0.4 is 5.32 Å². The van der Waals surface area contributed by atoms with Crippen molar-refractivity contribution in [2.24, 2.45) is 5.92 Å². The molecule has 2 unspecified atom stereocenters. The summed E-state index contributed by atoms with van der Waals surface area (Å²) in [4.78, 5) is 17.0. The molecule has 2 heterocycles. The van der Waals surface area contributed by atoms with Crippen LogP contribution in [0.1, 0.15) is 26.2 Å². The molecule has 96 valence electrons. The largest absolute Gasteiger partial charge is 0.339 e. The zero-order valence-electron chi connectivity index (χ0n) is 10.7. The predicted molar refractivity (Wildman–Crippen MR) is 66.7 cm³/mol. The Labute approximate surface area is 103 Å². The Kier molecular flexibility index (Phi) is 3.09. The van der Waals surface area contributed by atoms with E-state index in [2.05, 4.69) is 22.0 Å². The Bertz CT molecular complexity index is 295. The molecule has 0 spiro atoms. The lowest BCUT2D eigenvalue weighted by atomic mass is 10.0. The molecule has 0 bridgehead atoms. The van der Waals surface area contributed by atoms with Gasteiger partial charge in [-0.1, -0.05) is 6.92 Å². The molecule has 3 rings (SSSR count). The zero-order valence-corrected chi connectivity index (χ0v) is 10.7. The average molecular weight is 237 g/mol. The van der Waals surface area contributed by atoms with Crippen molar-refractivity contribution in [2.75, 3.05) is 32.7 Å². The lowest BCUT2D eigenvalue weighted by molar-refractivity contribution is -0.135. The first-order valence-electron chi connectivity index (χ1n) is 7.02. The summed E-state index contributed by atoms with van der Waals surface area (Å²) in [6, 6.07) is 0.929. The van der Waals surface area contributed by atoms with E-state index in [1.165, 1.54) is 12.8 Å². The van der Waals surface area contributed by atoms with Gasteiger partial charge in [-0.25, -0.2) is 0 Å². The highest BCUT2D eigenvalue weighted by molar-refractivity contribution is 5.82. The van der Waals surface area contributed by atoms with Crippen molar-refractivity contribution in [2.45, 2.75) is 38.3 Å². The van der Waals surface area contributed by atoms with Crippen LogP contribution in [0.25, 0.3) is 0 Å². The molecule has 3 fully saturated rings. The van der Waals surface area contributed by atoms with E-state index in [4.69, 9.17) is 0 Å². The van der Waals surface area contributed by atoms with Crippen LogP contribution in [0.4, 0.5) is 0 Å². The van der Waals surface area contributed by atoms with Gasteiger partial charge in [0, 0.05) is 32.2 Å². The fraction of sp³-hybridized carbons (Fsp3) is 0.923.